The molecule has 0 aliphatic carbocycles. The maximum Gasteiger partial charge on any atom is 0.223 e. The number of nitrogens with zero attached hydrogens (tertiary/aromatic N) is 1. The second kappa shape index (κ2) is 7.56. The lowest BCUT2D eigenvalue weighted by Gasteiger charge is -2.25. The van der Waals surface area contributed by atoms with Crippen LogP contribution in [0.4, 0.5) is 5.69 Å². The number of nitrogens with two attached hydrogens (primary N) is 1. The van der Waals surface area contributed by atoms with Crippen molar-refractivity contribution in [1.29, 1.82) is 0 Å². The van der Waals surface area contributed by atoms with Crippen LogP contribution in [-0.2, 0) is 17.8 Å². The summed E-state index contributed by atoms with van der Waals surface area (Å²) in [6, 6.07) is 11.1. The zero-order chi connectivity index (χ0) is 18.7. The van der Waals surface area contributed by atoms with Crippen LogP contribution in [0.5, 0.6) is 17.2 Å². The van der Waals surface area contributed by atoms with E-state index in [4.69, 9.17) is 15.2 Å². The summed E-state index contributed by atoms with van der Waals surface area (Å²) in [6.45, 7) is 0.463. The lowest BCUT2D eigenvalue weighted by Crippen LogP contribution is -2.33. The number of anilines is 1. The van der Waals surface area contributed by atoms with E-state index in [1.165, 1.54) is 0 Å². The van der Waals surface area contributed by atoms with E-state index in [2.05, 4.69) is 0 Å². The van der Waals surface area contributed by atoms with Crippen molar-refractivity contribution >= 4 is 11.6 Å². The van der Waals surface area contributed by atoms with Crippen molar-refractivity contribution in [2.24, 2.45) is 0 Å². The van der Waals surface area contributed by atoms with Gasteiger partial charge in [-0.15, -0.1) is 0 Å². The normalized spacial score (nSPS) is 16.8. The fourth-order valence-electron chi connectivity index (χ4n) is 3.39. The average molecular weight is 356 g/mol. The van der Waals surface area contributed by atoms with Crippen LogP contribution in [0.3, 0.4) is 0 Å². The lowest BCUT2D eigenvalue weighted by molar-refractivity contribution is -0.129. The number of phenols is 1. The zero-order valence-corrected chi connectivity index (χ0v) is 15.1. The summed E-state index contributed by atoms with van der Waals surface area (Å²) < 4.78 is 10.6. The van der Waals surface area contributed by atoms with E-state index < -0.39 is 0 Å². The molecule has 138 valence electrons. The molecule has 0 saturated carbocycles. The molecule has 0 bridgehead atoms. The van der Waals surface area contributed by atoms with Crippen LogP contribution >= 0.6 is 0 Å². The third-order valence-electron chi connectivity index (χ3n) is 4.82. The fourth-order valence-corrected chi connectivity index (χ4v) is 3.39. The highest BCUT2D eigenvalue weighted by atomic mass is 16.5. The van der Waals surface area contributed by atoms with E-state index in [-0.39, 0.29) is 17.7 Å². The molecule has 2 aromatic rings. The van der Waals surface area contributed by atoms with Crippen LogP contribution < -0.4 is 15.2 Å². The Hall–Kier alpha value is -2.89. The molecule has 0 aromatic heterocycles. The summed E-state index contributed by atoms with van der Waals surface area (Å²) in [6.07, 6.45) is 2.10. The largest absolute Gasteiger partial charge is 0.506 e. The first-order valence-corrected chi connectivity index (χ1v) is 8.59. The van der Waals surface area contributed by atoms with Crippen molar-refractivity contribution in [2.75, 3.05) is 20.0 Å². The van der Waals surface area contributed by atoms with Crippen LogP contribution in [0.15, 0.2) is 36.4 Å². The molecule has 3 rings (SSSR count). The van der Waals surface area contributed by atoms with Gasteiger partial charge in [0, 0.05) is 19.0 Å². The van der Waals surface area contributed by atoms with Gasteiger partial charge in [0.2, 0.25) is 5.91 Å². The molecular formula is C20H24N2O4. The number of carbonyl (C=O) groups is 1. The molecule has 1 fully saturated rings. The Labute approximate surface area is 153 Å². The van der Waals surface area contributed by atoms with Gasteiger partial charge < -0.3 is 25.2 Å². The van der Waals surface area contributed by atoms with Crippen LogP contribution in [0, 0.1) is 0 Å². The topological polar surface area (TPSA) is 85.0 Å². The number of likely N-dealkylation sites (tertiary alicyclic amines) is 1. The third-order valence-corrected chi connectivity index (χ3v) is 4.82. The molecular weight excluding hydrogens is 332 g/mol. The van der Waals surface area contributed by atoms with E-state index in [1.54, 1.807) is 26.4 Å². The number of carbonyl (C=O) groups excluding carboxylic acids is 1. The number of methoxy groups -OCH3 is 2. The van der Waals surface area contributed by atoms with Crippen LogP contribution in [0.25, 0.3) is 0 Å². The van der Waals surface area contributed by atoms with Crippen LogP contribution in [-0.4, -0.2) is 36.2 Å². The Morgan fingerprint density at radius 1 is 1.12 bits per heavy atom. The Bertz CT molecular complexity index is 806. The van der Waals surface area contributed by atoms with E-state index in [9.17, 15) is 9.90 Å². The number of phenolic OH excluding ortho intramolecular Hbond substituents is 1. The first kappa shape index (κ1) is 17.9. The number of hydrogen-bond acceptors (Lipinski definition) is 5. The smallest absolute Gasteiger partial charge is 0.223 e. The molecule has 1 heterocycles. The highest BCUT2D eigenvalue weighted by Gasteiger charge is 2.31. The highest BCUT2D eigenvalue weighted by molar-refractivity contribution is 5.79. The minimum absolute atomic E-state index is 0.0468. The molecule has 1 aliphatic rings. The van der Waals surface area contributed by atoms with Gasteiger partial charge in [-0.3, -0.25) is 4.79 Å². The Morgan fingerprint density at radius 3 is 2.54 bits per heavy atom. The van der Waals surface area contributed by atoms with Crippen LogP contribution in [0.1, 0.15) is 24.0 Å². The summed E-state index contributed by atoms with van der Waals surface area (Å²) in [4.78, 5) is 14.2. The first-order valence-electron chi connectivity index (χ1n) is 8.59. The average Bonchev–Trinajstić information content (AvgIpc) is 2.98. The minimum atomic E-state index is 0.0468. The molecule has 2 aromatic carbocycles. The van der Waals surface area contributed by atoms with Gasteiger partial charge in [0.25, 0.3) is 0 Å². The molecule has 26 heavy (non-hydrogen) atoms. The summed E-state index contributed by atoms with van der Waals surface area (Å²) in [7, 11) is 3.22. The SMILES string of the molecule is COc1ccc(CC2CCC(=O)N2Cc2ccc(N)c(O)c2)cc1OC. The van der Waals surface area contributed by atoms with Crippen molar-refractivity contribution in [3.05, 3.63) is 47.5 Å². The first-order chi connectivity index (χ1) is 12.5. The molecule has 6 heteroatoms. The molecule has 6 nitrogen and oxygen atoms in total. The number of hydrogen-bond donors (Lipinski definition) is 2. The van der Waals surface area contributed by atoms with E-state index in [0.717, 1.165) is 24.0 Å². The van der Waals surface area contributed by atoms with Gasteiger partial charge in [0.05, 0.1) is 19.9 Å². The number of nitrogen functional groups attached to an aromatic ring is 1. The Morgan fingerprint density at radius 2 is 1.85 bits per heavy atom. The maximum atomic E-state index is 12.3. The third kappa shape index (κ3) is 3.69. The lowest BCUT2D eigenvalue weighted by atomic mass is 10.0. The molecule has 1 amide bonds. The number of aromatic hydroxyl groups is 1. The quantitative estimate of drug-likeness (QED) is 0.614. The van der Waals surface area contributed by atoms with Crippen molar-refractivity contribution in [3.8, 4) is 17.2 Å². The molecule has 1 atom stereocenters. The Kier molecular flexibility index (Phi) is 5.21. The molecule has 1 unspecified atom stereocenters. The van der Waals surface area contributed by atoms with Gasteiger partial charge in [0.1, 0.15) is 5.75 Å². The van der Waals surface area contributed by atoms with E-state index in [0.29, 0.717) is 30.2 Å². The van der Waals surface area contributed by atoms with Crippen molar-refractivity contribution < 1.29 is 19.4 Å². The summed E-state index contributed by atoms with van der Waals surface area (Å²) in [5.41, 5.74) is 7.94. The summed E-state index contributed by atoms with van der Waals surface area (Å²) in [5.74, 6) is 1.55. The summed E-state index contributed by atoms with van der Waals surface area (Å²) in [5, 5.41) is 9.79. The standard InChI is InChI=1S/C20H24N2O4/c1-25-18-7-4-13(11-19(18)26-2)9-15-5-8-20(24)22(15)12-14-3-6-16(21)17(23)10-14/h3-4,6-7,10-11,15,23H,5,8-9,12,21H2,1-2H3. The maximum absolute atomic E-state index is 12.3. The minimum Gasteiger partial charge on any atom is -0.506 e. The highest BCUT2D eigenvalue weighted by Crippen LogP contribution is 2.31. The second-order valence-corrected chi connectivity index (χ2v) is 6.50. The zero-order valence-electron chi connectivity index (χ0n) is 15.1. The van der Waals surface area contributed by atoms with Gasteiger partial charge in [-0.05, 0) is 48.2 Å². The van der Waals surface area contributed by atoms with Crippen molar-refractivity contribution in [3.63, 3.8) is 0 Å². The molecule has 1 saturated heterocycles. The van der Waals surface area contributed by atoms with E-state index in [1.807, 2.05) is 29.2 Å². The molecule has 1 aliphatic heterocycles. The number of amides is 1. The molecule has 3 N–H and O–H groups in total. The summed E-state index contributed by atoms with van der Waals surface area (Å²) >= 11 is 0. The predicted octanol–water partition coefficient (Wildman–Crippen LogP) is 2.73. The Balaban J connectivity index is 1.76. The molecule has 0 spiro atoms. The van der Waals surface area contributed by atoms with E-state index >= 15 is 0 Å². The van der Waals surface area contributed by atoms with Gasteiger partial charge in [-0.2, -0.15) is 0 Å². The van der Waals surface area contributed by atoms with Crippen molar-refractivity contribution in [2.45, 2.75) is 31.8 Å². The van der Waals surface area contributed by atoms with Gasteiger partial charge in [0.15, 0.2) is 11.5 Å². The van der Waals surface area contributed by atoms with Crippen molar-refractivity contribution in [1.82, 2.24) is 4.90 Å². The van der Waals surface area contributed by atoms with Gasteiger partial charge >= 0.3 is 0 Å². The molecule has 0 radical (unpaired) electrons. The number of benzene rings is 2. The second-order valence-electron chi connectivity index (χ2n) is 6.50. The monoisotopic (exact) mass is 356 g/mol. The van der Waals surface area contributed by atoms with Crippen LogP contribution in [0.2, 0.25) is 0 Å². The van der Waals surface area contributed by atoms with Gasteiger partial charge in [-0.1, -0.05) is 12.1 Å². The number of ether oxygens (including phenoxy) is 2. The predicted molar refractivity (Wildman–Crippen MR) is 99.3 cm³/mol. The number of rotatable bonds is 6. The van der Waals surface area contributed by atoms with Gasteiger partial charge in [-0.25, -0.2) is 0 Å². The fraction of sp³-hybridized carbons (Fsp3) is 0.350.